The van der Waals surface area contributed by atoms with Crippen LogP contribution in [-0.2, 0) is 10.0 Å². The molecule has 0 radical (unpaired) electrons. The second-order valence-electron chi connectivity index (χ2n) is 5.91. The molecule has 0 saturated carbocycles. The van der Waals surface area contributed by atoms with Crippen molar-refractivity contribution in [1.82, 2.24) is 15.6 Å². The van der Waals surface area contributed by atoms with Crippen LogP contribution in [0.1, 0.15) is 27.6 Å². The van der Waals surface area contributed by atoms with E-state index in [0.29, 0.717) is 24.7 Å². The Morgan fingerprint density at radius 1 is 1.00 bits per heavy atom. The van der Waals surface area contributed by atoms with Gasteiger partial charge in [-0.1, -0.05) is 6.92 Å². The van der Waals surface area contributed by atoms with Gasteiger partial charge in [0.1, 0.15) is 19.0 Å². The van der Waals surface area contributed by atoms with E-state index < -0.39 is 33.2 Å². The molecule has 29 heavy (non-hydrogen) atoms. The van der Waals surface area contributed by atoms with E-state index in [2.05, 4.69) is 15.6 Å². The zero-order chi connectivity index (χ0) is 21.0. The summed E-state index contributed by atoms with van der Waals surface area (Å²) in [5.41, 5.74) is 3.85. The number of carbonyl (C=O) groups excluding carboxylic acids is 2. The van der Waals surface area contributed by atoms with Crippen LogP contribution in [0.5, 0.6) is 11.5 Å². The Balaban J connectivity index is 1.71. The lowest BCUT2D eigenvalue weighted by Gasteiger charge is -2.18. The number of halogens is 1. The molecule has 0 saturated heterocycles. The number of sulfonamides is 1. The SMILES string of the molecule is CCNS(=O)(=O)c1ccc(F)c(C(=O)NNC(=O)c2ccc3c(c2)OCCO3)c1. The number of hydrogen-bond acceptors (Lipinski definition) is 6. The predicted molar refractivity (Wildman–Crippen MR) is 99.6 cm³/mol. The first-order chi connectivity index (χ1) is 13.8. The fourth-order valence-corrected chi connectivity index (χ4v) is 3.62. The molecule has 0 bridgehead atoms. The molecule has 0 aliphatic carbocycles. The molecule has 1 heterocycles. The first kappa shape index (κ1) is 20.6. The molecule has 3 rings (SSSR count). The lowest BCUT2D eigenvalue weighted by molar-refractivity contribution is 0.0843. The topological polar surface area (TPSA) is 123 Å². The third-order valence-electron chi connectivity index (χ3n) is 3.92. The van der Waals surface area contributed by atoms with E-state index in [1.54, 1.807) is 13.0 Å². The number of ether oxygens (including phenoxy) is 2. The van der Waals surface area contributed by atoms with Gasteiger partial charge in [0.05, 0.1) is 10.5 Å². The first-order valence-corrected chi connectivity index (χ1v) is 10.1. The monoisotopic (exact) mass is 423 g/mol. The molecular weight excluding hydrogens is 405 g/mol. The Bertz CT molecular complexity index is 1060. The summed E-state index contributed by atoms with van der Waals surface area (Å²) < 4.78 is 51.1. The van der Waals surface area contributed by atoms with Crippen LogP contribution in [0.2, 0.25) is 0 Å². The molecule has 0 aromatic heterocycles. The van der Waals surface area contributed by atoms with E-state index >= 15 is 0 Å². The number of benzene rings is 2. The van der Waals surface area contributed by atoms with Crippen LogP contribution in [0.3, 0.4) is 0 Å². The molecule has 2 aromatic rings. The van der Waals surface area contributed by atoms with Gasteiger partial charge in [-0.15, -0.1) is 0 Å². The maximum Gasteiger partial charge on any atom is 0.272 e. The van der Waals surface area contributed by atoms with Crippen molar-refractivity contribution >= 4 is 21.8 Å². The van der Waals surface area contributed by atoms with E-state index in [1.165, 1.54) is 12.1 Å². The highest BCUT2D eigenvalue weighted by Crippen LogP contribution is 2.30. The van der Waals surface area contributed by atoms with Crippen molar-refractivity contribution in [2.24, 2.45) is 0 Å². The van der Waals surface area contributed by atoms with Gasteiger partial charge in [0.2, 0.25) is 10.0 Å². The van der Waals surface area contributed by atoms with E-state index in [0.717, 1.165) is 18.2 Å². The van der Waals surface area contributed by atoms with Crippen molar-refractivity contribution < 1.29 is 31.9 Å². The summed E-state index contributed by atoms with van der Waals surface area (Å²) in [7, 11) is -3.88. The van der Waals surface area contributed by atoms with Gasteiger partial charge in [0, 0.05) is 12.1 Å². The highest BCUT2D eigenvalue weighted by molar-refractivity contribution is 7.89. The van der Waals surface area contributed by atoms with E-state index in [-0.39, 0.29) is 17.0 Å². The van der Waals surface area contributed by atoms with Gasteiger partial charge in [0.15, 0.2) is 11.5 Å². The number of amides is 2. The lowest BCUT2D eigenvalue weighted by Crippen LogP contribution is -2.42. The summed E-state index contributed by atoms with van der Waals surface area (Å²) in [6.45, 7) is 2.47. The Morgan fingerprint density at radius 3 is 2.41 bits per heavy atom. The van der Waals surface area contributed by atoms with Crippen LogP contribution in [0.15, 0.2) is 41.3 Å². The lowest BCUT2D eigenvalue weighted by atomic mass is 10.2. The number of fused-ring (bicyclic) bond motifs is 1. The van der Waals surface area contributed by atoms with Crippen LogP contribution in [0.4, 0.5) is 4.39 Å². The summed E-state index contributed by atoms with van der Waals surface area (Å²) in [5, 5.41) is 0. The van der Waals surface area contributed by atoms with Crippen molar-refractivity contribution in [3.05, 3.63) is 53.3 Å². The smallest absolute Gasteiger partial charge is 0.272 e. The van der Waals surface area contributed by atoms with Crippen molar-refractivity contribution in [3.8, 4) is 11.5 Å². The third-order valence-corrected chi connectivity index (χ3v) is 5.46. The summed E-state index contributed by atoms with van der Waals surface area (Å²) in [6.07, 6.45) is 0. The fraction of sp³-hybridized carbons (Fsp3) is 0.222. The fourth-order valence-electron chi connectivity index (χ4n) is 2.56. The summed E-state index contributed by atoms with van der Waals surface area (Å²) >= 11 is 0. The number of hydrogen-bond donors (Lipinski definition) is 3. The molecule has 3 N–H and O–H groups in total. The van der Waals surface area contributed by atoms with Gasteiger partial charge < -0.3 is 9.47 Å². The highest BCUT2D eigenvalue weighted by atomic mass is 32.2. The third kappa shape index (κ3) is 4.63. The zero-order valence-corrected chi connectivity index (χ0v) is 16.1. The van der Waals surface area contributed by atoms with E-state index in [1.807, 2.05) is 0 Å². The van der Waals surface area contributed by atoms with Gasteiger partial charge in [-0.2, -0.15) is 0 Å². The van der Waals surface area contributed by atoms with Gasteiger partial charge in [0.25, 0.3) is 11.8 Å². The highest BCUT2D eigenvalue weighted by Gasteiger charge is 2.20. The van der Waals surface area contributed by atoms with Crippen LogP contribution < -0.4 is 25.0 Å². The van der Waals surface area contributed by atoms with E-state index in [9.17, 15) is 22.4 Å². The number of hydrazine groups is 1. The molecule has 0 fully saturated rings. The van der Waals surface area contributed by atoms with Crippen molar-refractivity contribution in [3.63, 3.8) is 0 Å². The number of rotatable bonds is 5. The molecule has 0 atom stereocenters. The Morgan fingerprint density at radius 2 is 1.69 bits per heavy atom. The van der Waals surface area contributed by atoms with Crippen molar-refractivity contribution in [2.75, 3.05) is 19.8 Å². The molecule has 1 aliphatic heterocycles. The first-order valence-electron chi connectivity index (χ1n) is 8.61. The van der Waals surface area contributed by atoms with Gasteiger partial charge in [-0.3, -0.25) is 20.4 Å². The molecule has 0 unspecified atom stereocenters. The summed E-state index contributed by atoms with van der Waals surface area (Å²) in [5.74, 6) is -1.74. The van der Waals surface area contributed by atoms with Gasteiger partial charge in [-0.05, 0) is 36.4 Å². The normalized spacial score (nSPS) is 12.9. The van der Waals surface area contributed by atoms with Crippen molar-refractivity contribution in [1.29, 1.82) is 0 Å². The largest absolute Gasteiger partial charge is 0.486 e. The van der Waals surface area contributed by atoms with Gasteiger partial charge >= 0.3 is 0 Å². The van der Waals surface area contributed by atoms with Crippen LogP contribution in [0, 0.1) is 5.82 Å². The Kier molecular flexibility index (Phi) is 5.99. The van der Waals surface area contributed by atoms with Crippen LogP contribution in [0.25, 0.3) is 0 Å². The van der Waals surface area contributed by atoms with Gasteiger partial charge in [-0.25, -0.2) is 17.5 Å². The minimum atomic E-state index is -3.88. The zero-order valence-electron chi connectivity index (χ0n) is 15.3. The number of nitrogens with one attached hydrogen (secondary N) is 3. The second kappa shape index (κ2) is 8.45. The Labute approximate surface area is 166 Å². The molecular formula is C18H18FN3O6S. The maximum absolute atomic E-state index is 14.0. The molecule has 2 amide bonds. The Hall–Kier alpha value is -3.18. The second-order valence-corrected chi connectivity index (χ2v) is 7.68. The molecule has 1 aliphatic rings. The molecule has 0 spiro atoms. The summed E-state index contributed by atoms with van der Waals surface area (Å²) in [4.78, 5) is 24.2. The minimum absolute atomic E-state index is 0.132. The quantitative estimate of drug-likeness (QED) is 0.616. The molecule has 9 nitrogen and oxygen atoms in total. The van der Waals surface area contributed by atoms with Crippen molar-refractivity contribution in [2.45, 2.75) is 11.8 Å². The standard InChI is InChI=1S/C18H18FN3O6S/c1-2-20-29(25,26)12-4-5-14(19)13(10-12)18(24)22-21-17(23)11-3-6-15-16(9-11)28-8-7-27-15/h3-6,9-10,20H,2,7-8H2,1H3,(H,21,23)(H,22,24). The molecule has 154 valence electrons. The molecule has 11 heteroatoms. The summed E-state index contributed by atoms with van der Waals surface area (Å²) in [6, 6.07) is 7.26. The molecule has 2 aromatic carbocycles. The van der Waals surface area contributed by atoms with Crippen LogP contribution >= 0.6 is 0 Å². The maximum atomic E-state index is 14.0. The average Bonchev–Trinajstić information content (AvgIpc) is 2.71. The average molecular weight is 423 g/mol. The minimum Gasteiger partial charge on any atom is -0.486 e. The van der Waals surface area contributed by atoms with Crippen LogP contribution in [-0.4, -0.2) is 40.0 Å². The number of carbonyl (C=O) groups is 2. The predicted octanol–water partition coefficient (Wildman–Crippen LogP) is 0.970. The van der Waals surface area contributed by atoms with E-state index in [4.69, 9.17) is 9.47 Å².